The van der Waals surface area contributed by atoms with Gasteiger partial charge in [0.1, 0.15) is 5.75 Å². The van der Waals surface area contributed by atoms with Crippen LogP contribution in [0.2, 0.25) is 5.02 Å². The molecule has 0 saturated carbocycles. The Bertz CT molecular complexity index is 442. The molecule has 2 atom stereocenters. The van der Waals surface area contributed by atoms with Gasteiger partial charge in [-0.3, -0.25) is 5.32 Å². The second kappa shape index (κ2) is 8.06. The topological polar surface area (TPSA) is 47.3 Å². The smallest absolute Gasteiger partial charge is 0.137 e. The summed E-state index contributed by atoms with van der Waals surface area (Å²) in [6.07, 6.45) is 7.47. The molecule has 1 aromatic rings. The number of halogens is 1. The SMILES string of the molecule is C#CC(CCC)NC(CN)c1ccc(OC)c(Cl)c1. The molecule has 0 radical (unpaired) electrons. The molecule has 0 amide bonds. The van der Waals surface area contributed by atoms with Crippen molar-refractivity contribution in [2.45, 2.75) is 31.8 Å². The summed E-state index contributed by atoms with van der Waals surface area (Å²) in [4.78, 5) is 0. The van der Waals surface area contributed by atoms with Crippen molar-refractivity contribution in [2.24, 2.45) is 5.73 Å². The highest BCUT2D eigenvalue weighted by atomic mass is 35.5. The third kappa shape index (κ3) is 4.43. The predicted octanol–water partition coefficient (Wildman–Crippen LogP) is 2.74. The van der Waals surface area contributed by atoms with Crippen molar-refractivity contribution in [3.63, 3.8) is 0 Å². The van der Waals surface area contributed by atoms with Crippen LogP contribution >= 0.6 is 11.6 Å². The quantitative estimate of drug-likeness (QED) is 0.755. The Morgan fingerprint density at radius 3 is 2.74 bits per heavy atom. The largest absolute Gasteiger partial charge is 0.495 e. The number of terminal acetylenes is 1. The zero-order valence-electron chi connectivity index (χ0n) is 11.4. The van der Waals surface area contributed by atoms with E-state index in [1.54, 1.807) is 7.11 Å². The van der Waals surface area contributed by atoms with Crippen molar-refractivity contribution in [2.75, 3.05) is 13.7 Å². The molecular formula is C15H21ClN2O. The maximum Gasteiger partial charge on any atom is 0.137 e. The van der Waals surface area contributed by atoms with E-state index in [-0.39, 0.29) is 12.1 Å². The van der Waals surface area contributed by atoms with Gasteiger partial charge in [0, 0.05) is 12.6 Å². The minimum Gasteiger partial charge on any atom is -0.495 e. The summed E-state index contributed by atoms with van der Waals surface area (Å²) in [5, 5.41) is 3.95. The predicted molar refractivity (Wildman–Crippen MR) is 80.5 cm³/mol. The van der Waals surface area contributed by atoms with Crippen LogP contribution < -0.4 is 15.8 Å². The van der Waals surface area contributed by atoms with Gasteiger partial charge in [-0.1, -0.05) is 36.9 Å². The maximum absolute atomic E-state index is 6.13. The second-order valence-corrected chi connectivity index (χ2v) is 4.76. The van der Waals surface area contributed by atoms with E-state index in [0.717, 1.165) is 18.4 Å². The lowest BCUT2D eigenvalue weighted by atomic mass is 10.0. The lowest BCUT2D eigenvalue weighted by molar-refractivity contribution is 0.414. The van der Waals surface area contributed by atoms with Crippen molar-refractivity contribution < 1.29 is 4.74 Å². The Balaban J connectivity index is 2.85. The summed E-state index contributed by atoms with van der Waals surface area (Å²) < 4.78 is 5.14. The number of hydrogen-bond donors (Lipinski definition) is 2. The van der Waals surface area contributed by atoms with Crippen LogP contribution in [0.3, 0.4) is 0 Å². The first-order valence-corrected chi connectivity index (χ1v) is 6.79. The number of rotatable bonds is 7. The number of benzene rings is 1. The van der Waals surface area contributed by atoms with Crippen LogP contribution in [-0.4, -0.2) is 19.7 Å². The molecule has 0 saturated heterocycles. The third-order valence-electron chi connectivity index (χ3n) is 2.99. The van der Waals surface area contributed by atoms with E-state index in [4.69, 9.17) is 28.5 Å². The van der Waals surface area contributed by atoms with E-state index in [2.05, 4.69) is 18.2 Å². The van der Waals surface area contributed by atoms with Crippen molar-refractivity contribution in [3.8, 4) is 18.1 Å². The molecule has 0 aliphatic heterocycles. The van der Waals surface area contributed by atoms with Gasteiger partial charge in [0.05, 0.1) is 18.2 Å². The number of nitrogens with one attached hydrogen (secondary N) is 1. The fourth-order valence-corrected chi connectivity index (χ4v) is 2.21. The molecule has 104 valence electrons. The third-order valence-corrected chi connectivity index (χ3v) is 3.29. The molecule has 0 spiro atoms. The summed E-state index contributed by atoms with van der Waals surface area (Å²) in [6, 6.07) is 5.68. The molecule has 0 bridgehead atoms. The number of ether oxygens (including phenoxy) is 1. The molecule has 0 heterocycles. The molecule has 19 heavy (non-hydrogen) atoms. The molecule has 4 heteroatoms. The van der Waals surface area contributed by atoms with Gasteiger partial charge < -0.3 is 10.5 Å². The van der Waals surface area contributed by atoms with Crippen molar-refractivity contribution >= 4 is 11.6 Å². The lowest BCUT2D eigenvalue weighted by Crippen LogP contribution is -2.35. The minimum atomic E-state index is -0.00370. The standard InChI is InChI=1S/C15H21ClN2O/c1-4-6-12(5-2)18-14(10-17)11-7-8-15(19-3)13(16)9-11/h2,7-9,12,14,18H,4,6,10,17H2,1,3H3. The van der Waals surface area contributed by atoms with Gasteiger partial charge in [0.15, 0.2) is 0 Å². The molecule has 1 rings (SSSR count). The van der Waals surface area contributed by atoms with Crippen molar-refractivity contribution in [1.82, 2.24) is 5.32 Å². The van der Waals surface area contributed by atoms with Crippen LogP contribution in [0.25, 0.3) is 0 Å². The van der Waals surface area contributed by atoms with Crippen molar-refractivity contribution in [3.05, 3.63) is 28.8 Å². The minimum absolute atomic E-state index is 0.00370. The number of hydrogen-bond acceptors (Lipinski definition) is 3. The second-order valence-electron chi connectivity index (χ2n) is 4.36. The van der Waals surface area contributed by atoms with Crippen LogP contribution in [0.5, 0.6) is 5.75 Å². The maximum atomic E-state index is 6.13. The molecular weight excluding hydrogens is 260 g/mol. The zero-order valence-corrected chi connectivity index (χ0v) is 12.2. The zero-order chi connectivity index (χ0) is 14.3. The van der Waals surface area contributed by atoms with E-state index in [1.165, 1.54) is 0 Å². The normalized spacial score (nSPS) is 13.6. The summed E-state index contributed by atoms with van der Waals surface area (Å²) in [5.41, 5.74) is 6.84. The van der Waals surface area contributed by atoms with Gasteiger partial charge in [-0.05, 0) is 24.1 Å². The Morgan fingerprint density at radius 2 is 2.26 bits per heavy atom. The van der Waals surface area contributed by atoms with Gasteiger partial charge in [-0.25, -0.2) is 0 Å². The average molecular weight is 281 g/mol. The highest BCUT2D eigenvalue weighted by Crippen LogP contribution is 2.27. The summed E-state index contributed by atoms with van der Waals surface area (Å²) in [7, 11) is 1.59. The van der Waals surface area contributed by atoms with E-state index in [1.807, 2.05) is 18.2 Å². The molecule has 0 aromatic heterocycles. The van der Waals surface area contributed by atoms with Crippen LogP contribution in [0.1, 0.15) is 31.4 Å². The molecule has 3 N–H and O–H groups in total. The summed E-state index contributed by atoms with van der Waals surface area (Å²) in [6.45, 7) is 2.57. The first-order valence-electron chi connectivity index (χ1n) is 6.41. The van der Waals surface area contributed by atoms with E-state index >= 15 is 0 Å². The summed E-state index contributed by atoms with van der Waals surface area (Å²) in [5.74, 6) is 3.41. The van der Waals surface area contributed by atoms with Crippen LogP contribution in [0, 0.1) is 12.3 Å². The fourth-order valence-electron chi connectivity index (χ4n) is 1.95. The fraction of sp³-hybridized carbons (Fsp3) is 0.467. The van der Waals surface area contributed by atoms with Gasteiger partial charge in [0.25, 0.3) is 0 Å². The molecule has 0 aliphatic carbocycles. The monoisotopic (exact) mass is 280 g/mol. The molecule has 2 unspecified atom stereocenters. The van der Waals surface area contributed by atoms with Crippen LogP contribution in [0.4, 0.5) is 0 Å². The average Bonchev–Trinajstić information content (AvgIpc) is 2.43. The van der Waals surface area contributed by atoms with Gasteiger partial charge in [-0.15, -0.1) is 6.42 Å². The Hall–Kier alpha value is -1.21. The van der Waals surface area contributed by atoms with Gasteiger partial charge >= 0.3 is 0 Å². The van der Waals surface area contributed by atoms with E-state index in [9.17, 15) is 0 Å². The highest BCUT2D eigenvalue weighted by molar-refractivity contribution is 6.32. The molecule has 0 aliphatic rings. The van der Waals surface area contributed by atoms with E-state index < -0.39 is 0 Å². The Morgan fingerprint density at radius 1 is 1.53 bits per heavy atom. The van der Waals surface area contributed by atoms with Crippen molar-refractivity contribution in [1.29, 1.82) is 0 Å². The summed E-state index contributed by atoms with van der Waals surface area (Å²) >= 11 is 6.13. The highest BCUT2D eigenvalue weighted by Gasteiger charge is 2.15. The van der Waals surface area contributed by atoms with Crippen LogP contribution in [0.15, 0.2) is 18.2 Å². The number of nitrogens with two attached hydrogens (primary N) is 1. The first-order chi connectivity index (χ1) is 9.15. The van der Waals surface area contributed by atoms with E-state index in [0.29, 0.717) is 17.3 Å². The molecule has 1 aromatic carbocycles. The van der Waals surface area contributed by atoms with Gasteiger partial charge in [0.2, 0.25) is 0 Å². The molecule has 0 fully saturated rings. The molecule has 3 nitrogen and oxygen atoms in total. The first kappa shape index (κ1) is 15.8. The lowest BCUT2D eigenvalue weighted by Gasteiger charge is -2.22. The van der Waals surface area contributed by atoms with Gasteiger partial charge in [-0.2, -0.15) is 0 Å². The Kier molecular flexibility index (Phi) is 6.72. The Labute approximate surface area is 120 Å². The van der Waals surface area contributed by atoms with Crippen LogP contribution in [-0.2, 0) is 0 Å². The number of methoxy groups -OCH3 is 1.